The molecule has 0 aromatic rings. The lowest BCUT2D eigenvalue weighted by Gasteiger charge is -2.33. The molecule has 0 aliphatic rings. The minimum Gasteiger partial charge on any atom is -0.465 e. The van der Waals surface area contributed by atoms with Gasteiger partial charge in [-0.25, -0.2) is 14.4 Å². The van der Waals surface area contributed by atoms with Gasteiger partial charge < -0.3 is 52.0 Å². The van der Waals surface area contributed by atoms with Gasteiger partial charge in [0.1, 0.15) is 45.1 Å². The second kappa shape index (κ2) is 31.4. The van der Waals surface area contributed by atoms with Crippen molar-refractivity contribution in [2.24, 2.45) is 10.8 Å². The van der Waals surface area contributed by atoms with Crippen molar-refractivity contribution in [3.8, 4) is 0 Å². The van der Waals surface area contributed by atoms with Crippen LogP contribution in [0.3, 0.4) is 0 Å². The maximum absolute atomic E-state index is 13.3. The number of allylic oxidation sites excluding steroid dienone is 2. The van der Waals surface area contributed by atoms with Crippen molar-refractivity contribution >= 4 is 44.4 Å². The van der Waals surface area contributed by atoms with E-state index in [0.29, 0.717) is 50.6 Å². The molecule has 18 heteroatoms. The van der Waals surface area contributed by atoms with E-state index in [2.05, 4.69) is 32.9 Å². The number of aliphatic hydroxyl groups excluding tert-OH is 1. The number of nitrogens with zero attached hydrogens (tertiary/aromatic N) is 1. The molecule has 0 aromatic heterocycles. The number of ether oxygens (including phenoxy) is 7. The van der Waals surface area contributed by atoms with Crippen molar-refractivity contribution in [2.75, 3.05) is 79.1 Å². The van der Waals surface area contributed by atoms with Crippen LogP contribution in [0.4, 0.5) is 0 Å². The highest BCUT2D eigenvalue weighted by Gasteiger charge is 2.38. The molecular weight excluding hydrogens is 815 g/mol. The van der Waals surface area contributed by atoms with Crippen LogP contribution >= 0.6 is 0 Å². The summed E-state index contributed by atoms with van der Waals surface area (Å²) in [5.41, 5.74) is -1.79. The van der Waals surface area contributed by atoms with E-state index in [9.17, 15) is 33.9 Å². The van der Waals surface area contributed by atoms with Gasteiger partial charge in [-0.2, -0.15) is 0 Å². The van der Waals surface area contributed by atoms with Crippen LogP contribution in [-0.4, -0.2) is 140 Å². The number of carbonyl (C=O) groups is 6. The van der Waals surface area contributed by atoms with Crippen LogP contribution in [0.15, 0.2) is 62.8 Å². The highest BCUT2D eigenvalue weighted by Crippen LogP contribution is 2.29. The zero-order valence-electron chi connectivity index (χ0n) is 36.9. The van der Waals surface area contributed by atoms with Gasteiger partial charge in [0.2, 0.25) is 0 Å². The first kappa shape index (κ1) is 56.5. The fourth-order valence-electron chi connectivity index (χ4n) is 5.52. The van der Waals surface area contributed by atoms with Crippen molar-refractivity contribution in [1.29, 1.82) is 0 Å². The molecule has 2 atom stereocenters. The van der Waals surface area contributed by atoms with Crippen LogP contribution in [0, 0.1) is 10.8 Å². The SMILES string of the molecule is C=CC(=C)CCC(COC(C)=O)(COC(=O)CC)COC(O)CCN(CCC[Si](C)(OCC)OCC)CCC(=O)OCC(COC(=O)C=C)(COC(=O)C=C)COC(=O)C=C. The van der Waals surface area contributed by atoms with Crippen LogP contribution in [0.2, 0.25) is 12.6 Å². The molecule has 0 spiro atoms. The van der Waals surface area contributed by atoms with Gasteiger partial charge in [0.25, 0.3) is 0 Å². The van der Waals surface area contributed by atoms with Gasteiger partial charge in [0, 0.05) is 64.3 Å². The van der Waals surface area contributed by atoms with Crippen LogP contribution in [0.25, 0.3) is 0 Å². The molecular formula is C43H69NO16Si. The molecule has 0 saturated carbocycles. The Balaban J connectivity index is 6.20. The Morgan fingerprint density at radius 2 is 1.15 bits per heavy atom. The first-order chi connectivity index (χ1) is 28.9. The van der Waals surface area contributed by atoms with E-state index in [4.69, 9.17) is 42.0 Å². The zero-order valence-corrected chi connectivity index (χ0v) is 37.9. The summed E-state index contributed by atoms with van der Waals surface area (Å²) in [6.45, 7) is 26.1. The minimum atomic E-state index is -2.49. The lowest BCUT2D eigenvalue weighted by atomic mass is 9.84. The van der Waals surface area contributed by atoms with Crippen molar-refractivity contribution in [3.63, 3.8) is 0 Å². The Labute approximate surface area is 362 Å². The predicted octanol–water partition coefficient (Wildman–Crippen LogP) is 4.68. The molecule has 0 aromatic carbocycles. The van der Waals surface area contributed by atoms with Gasteiger partial charge in [-0.3, -0.25) is 14.4 Å². The Kier molecular flexibility index (Phi) is 29.1. The molecule has 0 aliphatic carbocycles. The van der Waals surface area contributed by atoms with E-state index in [0.717, 1.165) is 18.2 Å². The third-order valence-corrected chi connectivity index (χ3v) is 12.2. The molecule has 0 rings (SSSR count). The normalized spacial score (nSPS) is 12.8. The highest BCUT2D eigenvalue weighted by atomic mass is 28.4. The summed E-state index contributed by atoms with van der Waals surface area (Å²) in [6.07, 6.45) is 4.55. The monoisotopic (exact) mass is 883 g/mol. The Morgan fingerprint density at radius 3 is 1.62 bits per heavy atom. The second-order valence-electron chi connectivity index (χ2n) is 14.5. The maximum Gasteiger partial charge on any atom is 0.334 e. The molecule has 0 amide bonds. The molecule has 61 heavy (non-hydrogen) atoms. The average molecular weight is 884 g/mol. The van der Waals surface area contributed by atoms with E-state index >= 15 is 0 Å². The molecule has 17 nitrogen and oxygen atoms in total. The fraction of sp³-hybridized carbons (Fsp3) is 0.628. The number of carbonyl (C=O) groups excluding carboxylic acids is 6. The van der Waals surface area contributed by atoms with Crippen LogP contribution < -0.4 is 0 Å². The molecule has 1 N–H and O–H groups in total. The minimum absolute atomic E-state index is 0.0968. The summed E-state index contributed by atoms with van der Waals surface area (Å²) >= 11 is 0. The summed E-state index contributed by atoms with van der Waals surface area (Å²) in [5, 5.41) is 11.1. The van der Waals surface area contributed by atoms with Crippen molar-refractivity contribution in [1.82, 2.24) is 4.90 Å². The fourth-order valence-corrected chi connectivity index (χ4v) is 7.91. The topological polar surface area (TPSA) is 209 Å². The van der Waals surface area contributed by atoms with E-state index in [-0.39, 0.29) is 52.2 Å². The van der Waals surface area contributed by atoms with Gasteiger partial charge >= 0.3 is 44.4 Å². The number of esters is 6. The lowest BCUT2D eigenvalue weighted by Crippen LogP contribution is -2.44. The van der Waals surface area contributed by atoms with E-state index in [1.54, 1.807) is 13.0 Å². The number of rotatable bonds is 37. The molecule has 0 saturated heterocycles. The van der Waals surface area contributed by atoms with Crippen LogP contribution in [-0.2, 0) is 70.8 Å². The Hall–Kier alpha value is -4.46. The number of hydrogen-bond donors (Lipinski definition) is 1. The van der Waals surface area contributed by atoms with Gasteiger partial charge in [-0.15, -0.1) is 0 Å². The third kappa shape index (κ3) is 25.8. The van der Waals surface area contributed by atoms with Crippen LogP contribution in [0.1, 0.15) is 66.2 Å². The Bertz CT molecular complexity index is 1380. The van der Waals surface area contributed by atoms with E-state index in [1.807, 2.05) is 25.3 Å². The van der Waals surface area contributed by atoms with Gasteiger partial charge in [0.05, 0.1) is 18.4 Å². The summed E-state index contributed by atoms with van der Waals surface area (Å²) in [7, 11) is -2.49. The molecule has 346 valence electrons. The molecule has 2 unspecified atom stereocenters. The molecule has 0 radical (unpaired) electrons. The van der Waals surface area contributed by atoms with Crippen molar-refractivity contribution in [3.05, 3.63) is 62.8 Å². The average Bonchev–Trinajstić information content (AvgIpc) is 3.25. The van der Waals surface area contributed by atoms with Crippen molar-refractivity contribution < 1.29 is 75.9 Å². The van der Waals surface area contributed by atoms with E-state index in [1.165, 1.54) is 6.92 Å². The maximum atomic E-state index is 13.3. The zero-order chi connectivity index (χ0) is 46.3. The van der Waals surface area contributed by atoms with Gasteiger partial charge in [-0.05, 0) is 52.2 Å². The highest BCUT2D eigenvalue weighted by molar-refractivity contribution is 6.66. The largest absolute Gasteiger partial charge is 0.465 e. The smallest absolute Gasteiger partial charge is 0.334 e. The summed E-state index contributed by atoms with van der Waals surface area (Å²) in [4.78, 5) is 75.2. The van der Waals surface area contributed by atoms with E-state index < -0.39 is 87.9 Å². The third-order valence-electron chi connectivity index (χ3n) is 9.19. The van der Waals surface area contributed by atoms with Crippen molar-refractivity contribution in [2.45, 2.75) is 85.1 Å². The number of hydrogen-bond acceptors (Lipinski definition) is 17. The molecule has 0 heterocycles. The second-order valence-corrected chi connectivity index (χ2v) is 17.8. The lowest BCUT2D eigenvalue weighted by molar-refractivity contribution is -0.171. The van der Waals surface area contributed by atoms with Gasteiger partial charge in [0.15, 0.2) is 6.29 Å². The summed E-state index contributed by atoms with van der Waals surface area (Å²) in [6, 6.07) is 0.651. The standard InChI is InChI=1S/C43H69NO16Si/c1-11-34(8)19-22-42(27-52-35(9)45,28-53-36(46)12-2)29-57-40(50)20-24-44(23-18-26-61(10,59-16-6)60-17-7)25-21-41(51)58-33-43(30-54-37(47)13-3,31-55-38(48)14-4)32-56-39(49)15-5/h11,13-15,40,50H,1,3-5,8,12,16-33H2,2,6-7,9-10H3. The predicted molar refractivity (Wildman–Crippen MR) is 228 cm³/mol. The molecule has 0 fully saturated rings. The summed E-state index contributed by atoms with van der Waals surface area (Å²) in [5.74, 6) is -4.11. The summed E-state index contributed by atoms with van der Waals surface area (Å²) < 4.78 is 50.0. The Morgan fingerprint density at radius 1 is 0.656 bits per heavy atom. The molecule has 0 aliphatic heterocycles. The van der Waals surface area contributed by atoms with Crippen LogP contribution in [0.5, 0.6) is 0 Å². The van der Waals surface area contributed by atoms with Gasteiger partial charge in [-0.1, -0.05) is 51.5 Å². The first-order valence-corrected chi connectivity index (χ1v) is 22.8. The first-order valence-electron chi connectivity index (χ1n) is 20.3. The number of aliphatic hydroxyl groups is 1. The molecule has 0 bridgehead atoms. The quantitative estimate of drug-likeness (QED) is 0.0224.